The Morgan fingerprint density at radius 1 is 1.36 bits per heavy atom. The molecule has 0 heterocycles. The minimum absolute atomic E-state index is 0.113. The second-order valence-corrected chi connectivity index (χ2v) is 3.38. The molecule has 0 spiro atoms. The van der Waals surface area contributed by atoms with Crippen LogP contribution in [0.4, 0.5) is 0 Å². The van der Waals surface area contributed by atoms with Crippen LogP contribution >= 0.6 is 0 Å². The maximum absolute atomic E-state index is 9.53. The number of aliphatic hydroxyl groups is 2. The van der Waals surface area contributed by atoms with E-state index in [1.807, 2.05) is 0 Å². The summed E-state index contributed by atoms with van der Waals surface area (Å²) in [5, 5.41) is 18.2. The monoisotopic (exact) mass is 159 g/mol. The van der Waals surface area contributed by atoms with Gasteiger partial charge in [-0.25, -0.2) is 0 Å². The Bertz CT molecular complexity index is 113. The number of rotatable bonds is 3. The van der Waals surface area contributed by atoms with Gasteiger partial charge in [-0.15, -0.1) is 0 Å². The van der Waals surface area contributed by atoms with Crippen molar-refractivity contribution in [3.05, 3.63) is 0 Å². The summed E-state index contributed by atoms with van der Waals surface area (Å²) in [7, 11) is 0. The van der Waals surface area contributed by atoms with Crippen molar-refractivity contribution < 1.29 is 10.2 Å². The molecule has 66 valence electrons. The quantitative estimate of drug-likeness (QED) is 0.537. The van der Waals surface area contributed by atoms with Crippen LogP contribution in [0, 0.1) is 5.92 Å². The molecule has 11 heavy (non-hydrogen) atoms. The summed E-state index contributed by atoms with van der Waals surface area (Å²) in [6.45, 7) is -0.113. The van der Waals surface area contributed by atoms with E-state index < -0.39 is 12.1 Å². The number of hydrogen-bond donors (Lipinski definition) is 3. The van der Waals surface area contributed by atoms with Crippen molar-refractivity contribution in [2.75, 3.05) is 6.61 Å². The molecular weight excluding hydrogens is 142 g/mol. The number of hydrogen-bond acceptors (Lipinski definition) is 3. The standard InChI is InChI=1S/C8H17NO2/c9-7(5-10)8(11)6-3-1-2-4-6/h6-8,10-11H,1-5,9H2/t7-,8+/m0/s1. The minimum atomic E-state index is -0.498. The second kappa shape index (κ2) is 4.04. The highest BCUT2D eigenvalue weighted by atomic mass is 16.3. The van der Waals surface area contributed by atoms with Crippen LogP contribution in [0.1, 0.15) is 25.7 Å². The molecule has 2 atom stereocenters. The Labute approximate surface area is 67.2 Å². The van der Waals surface area contributed by atoms with Gasteiger partial charge in [0.1, 0.15) is 0 Å². The lowest BCUT2D eigenvalue weighted by molar-refractivity contribution is 0.0610. The van der Waals surface area contributed by atoms with Gasteiger partial charge in [-0.2, -0.15) is 0 Å². The first-order chi connectivity index (χ1) is 5.25. The fourth-order valence-electron chi connectivity index (χ4n) is 1.76. The van der Waals surface area contributed by atoms with Gasteiger partial charge < -0.3 is 15.9 Å². The average molecular weight is 159 g/mol. The summed E-state index contributed by atoms with van der Waals surface area (Å²) in [6, 6.07) is -0.446. The average Bonchev–Trinajstić information content (AvgIpc) is 2.53. The highest BCUT2D eigenvalue weighted by molar-refractivity contribution is 4.81. The van der Waals surface area contributed by atoms with E-state index >= 15 is 0 Å². The summed E-state index contributed by atoms with van der Waals surface area (Å²) in [4.78, 5) is 0. The molecule has 0 radical (unpaired) electrons. The third kappa shape index (κ3) is 2.15. The Kier molecular flexibility index (Phi) is 3.30. The van der Waals surface area contributed by atoms with Gasteiger partial charge >= 0.3 is 0 Å². The molecular formula is C8H17NO2. The normalized spacial score (nSPS) is 25.4. The lowest BCUT2D eigenvalue weighted by Gasteiger charge is -2.22. The molecule has 0 aromatic rings. The van der Waals surface area contributed by atoms with Crippen molar-refractivity contribution in [3.8, 4) is 0 Å². The zero-order valence-electron chi connectivity index (χ0n) is 6.74. The summed E-state index contributed by atoms with van der Waals surface area (Å²) < 4.78 is 0. The number of aliphatic hydroxyl groups excluding tert-OH is 2. The van der Waals surface area contributed by atoms with Crippen molar-refractivity contribution in [2.45, 2.75) is 37.8 Å². The van der Waals surface area contributed by atoms with Gasteiger partial charge in [0, 0.05) is 0 Å². The first-order valence-corrected chi connectivity index (χ1v) is 4.30. The Hall–Kier alpha value is -0.120. The van der Waals surface area contributed by atoms with Gasteiger partial charge in [-0.1, -0.05) is 12.8 Å². The first-order valence-electron chi connectivity index (χ1n) is 4.30. The highest BCUT2D eigenvalue weighted by Crippen LogP contribution is 2.28. The van der Waals surface area contributed by atoms with Gasteiger partial charge in [0.2, 0.25) is 0 Å². The van der Waals surface area contributed by atoms with Crippen LogP contribution < -0.4 is 5.73 Å². The molecule has 3 heteroatoms. The van der Waals surface area contributed by atoms with Crippen LogP contribution in [0.5, 0.6) is 0 Å². The molecule has 0 saturated heterocycles. The van der Waals surface area contributed by atoms with E-state index in [9.17, 15) is 5.11 Å². The topological polar surface area (TPSA) is 66.5 Å². The van der Waals surface area contributed by atoms with E-state index in [4.69, 9.17) is 10.8 Å². The van der Waals surface area contributed by atoms with Crippen molar-refractivity contribution in [3.63, 3.8) is 0 Å². The van der Waals surface area contributed by atoms with E-state index in [0.29, 0.717) is 5.92 Å². The predicted octanol–water partition coefficient (Wildman–Crippen LogP) is -0.143. The SMILES string of the molecule is N[C@@H](CO)[C@H](O)C1CCCC1. The molecule has 0 amide bonds. The molecule has 1 aliphatic carbocycles. The van der Waals surface area contributed by atoms with Crippen LogP contribution in [0.2, 0.25) is 0 Å². The van der Waals surface area contributed by atoms with E-state index in [1.54, 1.807) is 0 Å². The Morgan fingerprint density at radius 3 is 2.36 bits per heavy atom. The first kappa shape index (κ1) is 8.97. The molecule has 1 fully saturated rings. The van der Waals surface area contributed by atoms with Crippen LogP contribution in [-0.2, 0) is 0 Å². The third-order valence-corrected chi connectivity index (χ3v) is 2.53. The zero-order chi connectivity index (χ0) is 8.27. The van der Waals surface area contributed by atoms with Crippen LogP contribution in [0.15, 0.2) is 0 Å². The zero-order valence-corrected chi connectivity index (χ0v) is 6.74. The van der Waals surface area contributed by atoms with Crippen LogP contribution in [0.25, 0.3) is 0 Å². The molecule has 0 aliphatic heterocycles. The fraction of sp³-hybridized carbons (Fsp3) is 1.00. The summed E-state index contributed by atoms with van der Waals surface area (Å²) in [6.07, 6.45) is 4.02. The maximum Gasteiger partial charge on any atom is 0.0741 e. The molecule has 0 aromatic heterocycles. The highest BCUT2D eigenvalue weighted by Gasteiger charge is 2.27. The lowest BCUT2D eigenvalue weighted by atomic mass is 9.96. The Morgan fingerprint density at radius 2 is 1.91 bits per heavy atom. The molecule has 1 saturated carbocycles. The van der Waals surface area contributed by atoms with Gasteiger partial charge in [0.15, 0.2) is 0 Å². The summed E-state index contributed by atoms with van der Waals surface area (Å²) in [5.74, 6) is 0.331. The van der Waals surface area contributed by atoms with Gasteiger partial charge in [0.05, 0.1) is 18.8 Å². The smallest absolute Gasteiger partial charge is 0.0741 e. The van der Waals surface area contributed by atoms with Gasteiger partial charge in [-0.3, -0.25) is 0 Å². The Balaban J connectivity index is 2.32. The molecule has 0 bridgehead atoms. The van der Waals surface area contributed by atoms with Crippen LogP contribution in [0.3, 0.4) is 0 Å². The van der Waals surface area contributed by atoms with E-state index in [0.717, 1.165) is 12.8 Å². The van der Waals surface area contributed by atoms with Gasteiger partial charge in [0.25, 0.3) is 0 Å². The predicted molar refractivity (Wildman–Crippen MR) is 43.0 cm³/mol. The molecule has 1 rings (SSSR count). The van der Waals surface area contributed by atoms with Crippen LogP contribution in [-0.4, -0.2) is 29.0 Å². The summed E-state index contributed by atoms with van der Waals surface area (Å²) >= 11 is 0. The van der Waals surface area contributed by atoms with E-state index in [1.165, 1.54) is 12.8 Å². The molecule has 3 nitrogen and oxygen atoms in total. The molecule has 0 aromatic carbocycles. The van der Waals surface area contributed by atoms with E-state index in [2.05, 4.69) is 0 Å². The lowest BCUT2D eigenvalue weighted by Crippen LogP contribution is -2.41. The minimum Gasteiger partial charge on any atom is -0.395 e. The molecule has 1 aliphatic rings. The van der Waals surface area contributed by atoms with Crippen molar-refractivity contribution in [2.24, 2.45) is 11.7 Å². The fourth-order valence-corrected chi connectivity index (χ4v) is 1.76. The summed E-state index contributed by atoms with van der Waals surface area (Å²) in [5.41, 5.74) is 5.50. The third-order valence-electron chi connectivity index (χ3n) is 2.53. The van der Waals surface area contributed by atoms with Crippen molar-refractivity contribution >= 4 is 0 Å². The number of nitrogens with two attached hydrogens (primary N) is 1. The molecule has 4 N–H and O–H groups in total. The van der Waals surface area contributed by atoms with Gasteiger partial charge in [-0.05, 0) is 18.8 Å². The van der Waals surface area contributed by atoms with Crippen molar-refractivity contribution in [1.82, 2.24) is 0 Å². The largest absolute Gasteiger partial charge is 0.395 e. The van der Waals surface area contributed by atoms with E-state index in [-0.39, 0.29) is 6.61 Å². The van der Waals surface area contributed by atoms with Crippen molar-refractivity contribution in [1.29, 1.82) is 0 Å². The second-order valence-electron chi connectivity index (χ2n) is 3.38. The maximum atomic E-state index is 9.53. The molecule has 0 unspecified atom stereocenters.